The summed E-state index contributed by atoms with van der Waals surface area (Å²) in [4.78, 5) is 22.6. The molecule has 0 bridgehead atoms. The molecule has 0 aliphatic carbocycles. The molecule has 0 aromatic heterocycles. The van der Waals surface area contributed by atoms with Crippen LogP contribution in [-0.2, 0) is 14.3 Å². The van der Waals surface area contributed by atoms with E-state index in [1.165, 1.54) is 7.11 Å². The number of hydrogen-bond donors (Lipinski definition) is 1. The Balaban J connectivity index is 4.07. The molecule has 0 rings (SSSR count). The Morgan fingerprint density at radius 1 is 1.33 bits per heavy atom. The minimum Gasteiger partial charge on any atom is -0.469 e. The van der Waals surface area contributed by atoms with Gasteiger partial charge in [0.1, 0.15) is 0 Å². The fourth-order valence-electron chi connectivity index (χ4n) is 1.28. The lowest BCUT2D eigenvalue weighted by Crippen LogP contribution is -2.36. The van der Waals surface area contributed by atoms with Crippen LogP contribution in [0, 0.1) is 11.8 Å². The molecule has 0 aromatic rings. The largest absolute Gasteiger partial charge is 0.469 e. The smallest absolute Gasteiger partial charge is 0.310 e. The number of nitrogens with one attached hydrogen (secondary N) is 1. The lowest BCUT2D eigenvalue weighted by molar-refractivity contribution is -0.146. The molecule has 1 unspecified atom stereocenters. The molecule has 15 heavy (non-hydrogen) atoms. The quantitative estimate of drug-likeness (QED) is 0.680. The van der Waals surface area contributed by atoms with E-state index >= 15 is 0 Å². The van der Waals surface area contributed by atoms with Crippen LogP contribution in [-0.4, -0.2) is 25.5 Å². The molecule has 1 amide bonds. The second kappa shape index (κ2) is 7.26. The Morgan fingerprint density at radius 3 is 2.33 bits per heavy atom. The lowest BCUT2D eigenvalue weighted by atomic mass is 9.96. The number of hydrogen-bond acceptors (Lipinski definition) is 3. The van der Waals surface area contributed by atoms with Gasteiger partial charge in [0.15, 0.2) is 0 Å². The molecule has 0 spiro atoms. The van der Waals surface area contributed by atoms with Gasteiger partial charge in [0.25, 0.3) is 0 Å². The summed E-state index contributed by atoms with van der Waals surface area (Å²) in [5, 5.41) is 2.74. The van der Waals surface area contributed by atoms with Crippen LogP contribution in [0.4, 0.5) is 0 Å². The number of amides is 1. The van der Waals surface area contributed by atoms with Gasteiger partial charge in [-0.25, -0.2) is 0 Å². The Kier molecular flexibility index (Phi) is 6.75. The molecule has 0 aliphatic rings. The van der Waals surface area contributed by atoms with Gasteiger partial charge < -0.3 is 10.1 Å². The predicted octanol–water partition coefficient (Wildman–Crippen LogP) is 1.35. The summed E-state index contributed by atoms with van der Waals surface area (Å²) in [5.41, 5.74) is 0. The van der Waals surface area contributed by atoms with Gasteiger partial charge in [0, 0.05) is 13.0 Å². The van der Waals surface area contributed by atoms with Gasteiger partial charge >= 0.3 is 5.97 Å². The van der Waals surface area contributed by atoms with E-state index in [4.69, 9.17) is 0 Å². The highest BCUT2D eigenvalue weighted by Crippen LogP contribution is 2.11. The van der Waals surface area contributed by atoms with Gasteiger partial charge in [-0.05, 0) is 12.3 Å². The van der Waals surface area contributed by atoms with E-state index in [9.17, 15) is 9.59 Å². The zero-order chi connectivity index (χ0) is 11.8. The fourth-order valence-corrected chi connectivity index (χ4v) is 1.28. The van der Waals surface area contributed by atoms with Crippen molar-refractivity contribution in [2.45, 2.75) is 33.6 Å². The highest BCUT2D eigenvalue weighted by molar-refractivity contribution is 5.77. The van der Waals surface area contributed by atoms with Crippen LogP contribution in [0.3, 0.4) is 0 Å². The molecular weight excluding hydrogens is 194 g/mol. The Hall–Kier alpha value is -1.06. The van der Waals surface area contributed by atoms with Crippen molar-refractivity contribution in [3.63, 3.8) is 0 Å². The fraction of sp³-hybridized carbons (Fsp3) is 0.818. The van der Waals surface area contributed by atoms with Gasteiger partial charge in [-0.15, -0.1) is 0 Å². The van der Waals surface area contributed by atoms with Gasteiger partial charge in [0.05, 0.1) is 13.0 Å². The molecule has 0 fully saturated rings. The lowest BCUT2D eigenvalue weighted by Gasteiger charge is -2.18. The Bertz CT molecular complexity index is 214. The van der Waals surface area contributed by atoms with E-state index in [2.05, 4.69) is 10.1 Å². The molecule has 0 saturated heterocycles. The Morgan fingerprint density at radius 2 is 1.93 bits per heavy atom. The third kappa shape index (κ3) is 5.40. The number of rotatable bonds is 6. The monoisotopic (exact) mass is 215 g/mol. The molecule has 0 aromatic carbocycles. The number of carbonyl (C=O) groups excluding carboxylic acids is 2. The standard InChI is InChI=1S/C11H21NO3/c1-5-6-10(13)12-7-9(8(2)3)11(14)15-4/h8-9H,5-7H2,1-4H3,(H,12,13). The van der Waals surface area contributed by atoms with E-state index in [1.54, 1.807) is 0 Å². The third-order valence-corrected chi connectivity index (χ3v) is 2.30. The average molecular weight is 215 g/mol. The summed E-state index contributed by atoms with van der Waals surface area (Å²) in [7, 11) is 1.37. The second-order valence-electron chi connectivity index (χ2n) is 3.93. The zero-order valence-electron chi connectivity index (χ0n) is 10.0. The minimum atomic E-state index is -0.262. The summed E-state index contributed by atoms with van der Waals surface area (Å²) >= 11 is 0. The summed E-state index contributed by atoms with van der Waals surface area (Å²) < 4.78 is 4.68. The zero-order valence-corrected chi connectivity index (χ0v) is 10.0. The molecule has 0 radical (unpaired) electrons. The minimum absolute atomic E-state index is 0.00736. The van der Waals surface area contributed by atoms with E-state index < -0.39 is 0 Å². The maximum Gasteiger partial charge on any atom is 0.310 e. The van der Waals surface area contributed by atoms with Crippen molar-refractivity contribution >= 4 is 11.9 Å². The highest BCUT2D eigenvalue weighted by atomic mass is 16.5. The van der Waals surface area contributed by atoms with Gasteiger partial charge in [0.2, 0.25) is 5.91 Å². The van der Waals surface area contributed by atoms with Crippen molar-refractivity contribution in [3.05, 3.63) is 0 Å². The van der Waals surface area contributed by atoms with Gasteiger partial charge in [-0.2, -0.15) is 0 Å². The number of esters is 1. The molecule has 88 valence electrons. The van der Waals surface area contributed by atoms with E-state index in [0.29, 0.717) is 13.0 Å². The van der Waals surface area contributed by atoms with Crippen LogP contribution in [0.25, 0.3) is 0 Å². The first-order valence-electron chi connectivity index (χ1n) is 5.37. The molecular formula is C11H21NO3. The summed E-state index contributed by atoms with van der Waals surface area (Å²) in [5.74, 6) is -0.357. The first-order chi connectivity index (χ1) is 7.02. The molecule has 4 heteroatoms. The average Bonchev–Trinajstić information content (AvgIpc) is 2.17. The maximum absolute atomic E-state index is 11.4. The normalized spacial score (nSPS) is 12.3. The summed E-state index contributed by atoms with van der Waals surface area (Å²) in [6, 6.07) is 0. The topological polar surface area (TPSA) is 55.4 Å². The van der Waals surface area contributed by atoms with Crippen molar-refractivity contribution in [2.24, 2.45) is 11.8 Å². The SMILES string of the molecule is CCCC(=O)NCC(C(=O)OC)C(C)C. The van der Waals surface area contributed by atoms with Crippen LogP contribution in [0.1, 0.15) is 33.6 Å². The van der Waals surface area contributed by atoms with Crippen molar-refractivity contribution in [3.8, 4) is 0 Å². The molecule has 0 heterocycles. The Labute approximate surface area is 91.4 Å². The summed E-state index contributed by atoms with van der Waals surface area (Å²) in [6.45, 7) is 6.18. The van der Waals surface area contributed by atoms with Crippen LogP contribution in [0.15, 0.2) is 0 Å². The molecule has 0 saturated carbocycles. The van der Waals surface area contributed by atoms with Crippen molar-refractivity contribution in [1.29, 1.82) is 0 Å². The first kappa shape index (κ1) is 13.9. The van der Waals surface area contributed by atoms with Crippen LogP contribution < -0.4 is 5.32 Å². The highest BCUT2D eigenvalue weighted by Gasteiger charge is 2.23. The van der Waals surface area contributed by atoms with Gasteiger partial charge in [-0.1, -0.05) is 20.8 Å². The van der Waals surface area contributed by atoms with E-state index in [0.717, 1.165) is 6.42 Å². The molecule has 4 nitrogen and oxygen atoms in total. The predicted molar refractivity (Wildman–Crippen MR) is 58.3 cm³/mol. The summed E-state index contributed by atoms with van der Waals surface area (Å²) in [6.07, 6.45) is 1.32. The van der Waals surface area contributed by atoms with E-state index in [-0.39, 0.29) is 23.7 Å². The first-order valence-corrected chi connectivity index (χ1v) is 5.37. The molecule has 0 aliphatic heterocycles. The van der Waals surface area contributed by atoms with Crippen molar-refractivity contribution in [2.75, 3.05) is 13.7 Å². The molecule has 1 atom stereocenters. The molecule has 1 N–H and O–H groups in total. The van der Waals surface area contributed by atoms with Crippen LogP contribution in [0.2, 0.25) is 0 Å². The van der Waals surface area contributed by atoms with Crippen molar-refractivity contribution in [1.82, 2.24) is 5.32 Å². The number of ether oxygens (including phenoxy) is 1. The number of carbonyl (C=O) groups is 2. The number of methoxy groups -OCH3 is 1. The third-order valence-electron chi connectivity index (χ3n) is 2.30. The van der Waals surface area contributed by atoms with Gasteiger partial charge in [-0.3, -0.25) is 9.59 Å². The van der Waals surface area contributed by atoms with Crippen molar-refractivity contribution < 1.29 is 14.3 Å². The maximum atomic E-state index is 11.4. The van der Waals surface area contributed by atoms with E-state index in [1.807, 2.05) is 20.8 Å². The second-order valence-corrected chi connectivity index (χ2v) is 3.93. The van der Waals surface area contributed by atoms with Crippen LogP contribution >= 0.6 is 0 Å². The van der Waals surface area contributed by atoms with Crippen LogP contribution in [0.5, 0.6) is 0 Å².